The number of rotatable bonds is 4. The molecule has 0 aliphatic rings. The normalized spacial score (nSPS) is 11.6. The third-order valence-corrected chi connectivity index (χ3v) is 5.27. The smallest absolute Gasteiger partial charge is 0.234 e. The van der Waals surface area contributed by atoms with Crippen LogP contribution < -0.4 is 4.74 Å². The number of ether oxygens (including phenoxy) is 1. The molecule has 134 valence electrons. The molecule has 0 atom stereocenters. The highest BCUT2D eigenvalue weighted by Gasteiger charge is 2.21. The van der Waals surface area contributed by atoms with E-state index in [1.165, 1.54) is 11.3 Å². The van der Waals surface area contributed by atoms with Gasteiger partial charge in [-0.2, -0.15) is 14.7 Å². The Morgan fingerprint density at radius 3 is 2.42 bits per heavy atom. The first-order valence-electron chi connectivity index (χ1n) is 8.42. The lowest BCUT2D eigenvalue weighted by atomic mass is 10.2. The fraction of sp³-hybridized carbons (Fsp3) is 0.333. The number of hydrogen-bond acceptors (Lipinski definition) is 6. The molecule has 0 bridgehead atoms. The predicted molar refractivity (Wildman–Crippen MR) is 101 cm³/mol. The average molecular weight is 368 g/mol. The quantitative estimate of drug-likeness (QED) is 0.548. The molecule has 0 spiro atoms. The molecule has 7 nitrogen and oxygen atoms in total. The molecule has 4 rings (SSSR count). The van der Waals surface area contributed by atoms with E-state index in [2.05, 4.69) is 31.0 Å². The summed E-state index contributed by atoms with van der Waals surface area (Å²) in [4.78, 5) is 0.805. The molecule has 0 fully saturated rings. The number of benzene rings is 1. The van der Waals surface area contributed by atoms with Crippen molar-refractivity contribution in [1.29, 1.82) is 0 Å². The Morgan fingerprint density at radius 1 is 1.04 bits per heavy atom. The van der Waals surface area contributed by atoms with Gasteiger partial charge in [-0.15, -0.1) is 10.2 Å². The van der Waals surface area contributed by atoms with Crippen molar-refractivity contribution >= 4 is 16.3 Å². The maximum absolute atomic E-state index is 5.24. The van der Waals surface area contributed by atoms with Crippen LogP contribution in [-0.4, -0.2) is 36.7 Å². The van der Waals surface area contributed by atoms with E-state index in [0.29, 0.717) is 0 Å². The minimum atomic E-state index is 0.268. The fourth-order valence-electron chi connectivity index (χ4n) is 3.02. The third-order valence-electron chi connectivity index (χ3n) is 4.35. The maximum Gasteiger partial charge on any atom is 0.234 e. The molecule has 0 unspecified atom stereocenters. The minimum Gasteiger partial charge on any atom is -0.497 e. The van der Waals surface area contributed by atoms with Crippen molar-refractivity contribution < 1.29 is 4.74 Å². The van der Waals surface area contributed by atoms with E-state index in [-0.39, 0.29) is 5.92 Å². The van der Waals surface area contributed by atoms with Gasteiger partial charge >= 0.3 is 0 Å². The van der Waals surface area contributed by atoms with Crippen molar-refractivity contribution in [2.75, 3.05) is 7.11 Å². The van der Waals surface area contributed by atoms with Gasteiger partial charge in [0.05, 0.1) is 29.7 Å². The summed E-state index contributed by atoms with van der Waals surface area (Å²) < 4.78 is 9.02. The first kappa shape index (κ1) is 16.7. The number of aromatic nitrogens is 6. The van der Waals surface area contributed by atoms with Gasteiger partial charge in [-0.1, -0.05) is 25.2 Å². The van der Waals surface area contributed by atoms with E-state index in [4.69, 9.17) is 14.9 Å². The number of aryl methyl sites for hydroxylation is 1. The van der Waals surface area contributed by atoms with Crippen LogP contribution in [0.3, 0.4) is 0 Å². The van der Waals surface area contributed by atoms with Gasteiger partial charge in [0, 0.05) is 5.92 Å². The van der Waals surface area contributed by atoms with Gasteiger partial charge in [-0.05, 0) is 38.1 Å². The van der Waals surface area contributed by atoms with Gasteiger partial charge in [0.1, 0.15) is 5.75 Å². The van der Waals surface area contributed by atoms with Gasteiger partial charge < -0.3 is 4.74 Å². The average Bonchev–Trinajstić information content (AvgIpc) is 3.27. The summed E-state index contributed by atoms with van der Waals surface area (Å²) in [5.74, 6) is 1.97. The van der Waals surface area contributed by atoms with E-state index < -0.39 is 0 Å². The van der Waals surface area contributed by atoms with Crippen LogP contribution in [0, 0.1) is 13.8 Å². The van der Waals surface area contributed by atoms with Crippen molar-refractivity contribution in [2.24, 2.45) is 0 Å². The first-order valence-corrected chi connectivity index (χ1v) is 9.24. The summed E-state index contributed by atoms with van der Waals surface area (Å²) in [5.41, 5.74) is 4.02. The van der Waals surface area contributed by atoms with E-state index in [1.54, 1.807) is 7.11 Å². The number of nitrogens with zero attached hydrogens (tertiary/aromatic N) is 6. The summed E-state index contributed by atoms with van der Waals surface area (Å²) in [6.45, 7) is 8.25. The number of methoxy groups -OCH3 is 1. The monoisotopic (exact) mass is 368 g/mol. The summed E-state index contributed by atoms with van der Waals surface area (Å²) in [5, 5.41) is 18.9. The van der Waals surface area contributed by atoms with Crippen molar-refractivity contribution in [3.05, 3.63) is 41.5 Å². The summed E-state index contributed by atoms with van der Waals surface area (Å²) >= 11 is 1.54. The van der Waals surface area contributed by atoms with E-state index in [1.807, 2.05) is 40.4 Å². The summed E-state index contributed by atoms with van der Waals surface area (Å²) in [6.07, 6.45) is 0. The highest BCUT2D eigenvalue weighted by molar-refractivity contribution is 7.19. The van der Waals surface area contributed by atoms with Crippen molar-refractivity contribution in [2.45, 2.75) is 33.6 Å². The number of fused-ring (bicyclic) bond motifs is 1. The molecule has 0 aliphatic carbocycles. The largest absolute Gasteiger partial charge is 0.497 e. The van der Waals surface area contributed by atoms with Crippen LogP contribution in [-0.2, 0) is 0 Å². The van der Waals surface area contributed by atoms with E-state index in [9.17, 15) is 0 Å². The highest BCUT2D eigenvalue weighted by atomic mass is 32.1. The Bertz CT molecular complexity index is 1070. The van der Waals surface area contributed by atoms with Crippen LogP contribution in [0.4, 0.5) is 0 Å². The minimum absolute atomic E-state index is 0.268. The Hall–Kier alpha value is -2.74. The zero-order chi connectivity index (χ0) is 18.4. The molecule has 3 aromatic heterocycles. The molecular formula is C18H20N6OS. The molecule has 0 amide bonds. The Labute approximate surface area is 155 Å². The van der Waals surface area contributed by atoms with Gasteiger partial charge in [-0.25, -0.2) is 4.68 Å². The van der Waals surface area contributed by atoms with Crippen LogP contribution in [0.15, 0.2) is 24.3 Å². The molecule has 0 saturated carbocycles. The zero-order valence-corrected chi connectivity index (χ0v) is 16.2. The topological polar surface area (TPSA) is 70.1 Å². The molecule has 4 aromatic rings. The molecule has 1 aromatic carbocycles. The molecule has 26 heavy (non-hydrogen) atoms. The van der Waals surface area contributed by atoms with E-state index >= 15 is 0 Å². The molecule has 0 N–H and O–H groups in total. The Balaban J connectivity index is 1.81. The Kier molecular flexibility index (Phi) is 3.99. The highest BCUT2D eigenvalue weighted by Crippen LogP contribution is 2.32. The second kappa shape index (κ2) is 6.21. The van der Waals surface area contributed by atoms with E-state index in [0.717, 1.165) is 44.2 Å². The summed E-state index contributed by atoms with van der Waals surface area (Å²) in [6, 6.07) is 7.86. The van der Waals surface area contributed by atoms with Crippen LogP contribution in [0.25, 0.3) is 21.2 Å². The van der Waals surface area contributed by atoms with Gasteiger partial charge in [0.15, 0.2) is 10.8 Å². The lowest BCUT2D eigenvalue weighted by Crippen LogP contribution is -1.99. The van der Waals surface area contributed by atoms with Crippen LogP contribution >= 0.6 is 11.3 Å². The lowest BCUT2D eigenvalue weighted by molar-refractivity contribution is 0.414. The predicted octanol–water partition coefficient (Wildman–Crippen LogP) is 3.79. The van der Waals surface area contributed by atoms with Gasteiger partial charge in [0.2, 0.25) is 4.96 Å². The molecular weight excluding hydrogens is 348 g/mol. The first-order chi connectivity index (χ1) is 12.5. The molecule has 0 aliphatic heterocycles. The van der Waals surface area contributed by atoms with Crippen LogP contribution in [0.5, 0.6) is 5.75 Å². The SMILES string of the molecule is COc1ccc(-n2nc(C)c(-c3nn4c(C(C)C)nnc4s3)c2C)cc1. The molecule has 0 radical (unpaired) electrons. The Morgan fingerprint density at radius 2 is 1.77 bits per heavy atom. The van der Waals surface area contributed by atoms with Crippen molar-refractivity contribution in [3.63, 3.8) is 0 Å². The summed E-state index contributed by atoms with van der Waals surface area (Å²) in [7, 11) is 1.66. The maximum atomic E-state index is 5.24. The lowest BCUT2D eigenvalue weighted by Gasteiger charge is -2.06. The van der Waals surface area contributed by atoms with Gasteiger partial charge in [-0.3, -0.25) is 0 Å². The molecule has 8 heteroatoms. The van der Waals surface area contributed by atoms with Crippen LogP contribution in [0.2, 0.25) is 0 Å². The van der Waals surface area contributed by atoms with Crippen LogP contribution in [0.1, 0.15) is 37.0 Å². The molecule has 3 heterocycles. The number of hydrogen-bond donors (Lipinski definition) is 0. The van der Waals surface area contributed by atoms with Crippen molar-refractivity contribution in [3.8, 4) is 22.0 Å². The van der Waals surface area contributed by atoms with Crippen molar-refractivity contribution in [1.82, 2.24) is 29.6 Å². The second-order valence-electron chi connectivity index (χ2n) is 6.47. The molecule has 0 saturated heterocycles. The third kappa shape index (κ3) is 2.57. The standard InChI is InChI=1S/C18H20N6OS/c1-10(2)16-19-20-18-24(16)22-17(26-18)15-11(3)21-23(12(15)4)13-6-8-14(25-5)9-7-13/h6-10H,1-5H3. The van der Waals surface area contributed by atoms with Gasteiger partial charge in [0.25, 0.3) is 0 Å². The second-order valence-corrected chi connectivity index (χ2v) is 7.43. The fourth-order valence-corrected chi connectivity index (χ4v) is 4.02. The zero-order valence-electron chi connectivity index (χ0n) is 15.4.